The van der Waals surface area contributed by atoms with Gasteiger partial charge in [0.15, 0.2) is 0 Å². The summed E-state index contributed by atoms with van der Waals surface area (Å²) in [6, 6.07) is 7.85. The molecule has 0 spiro atoms. The van der Waals surface area contributed by atoms with Crippen LogP contribution in [0.1, 0.15) is 28.4 Å². The highest BCUT2D eigenvalue weighted by Gasteiger charge is 2.20. The fourth-order valence-corrected chi connectivity index (χ4v) is 2.51. The van der Waals surface area contributed by atoms with Gasteiger partial charge in [0.1, 0.15) is 11.9 Å². The predicted molar refractivity (Wildman–Crippen MR) is 76.4 cm³/mol. The Kier molecular flexibility index (Phi) is 4.14. The largest absolute Gasteiger partial charge is 0.383 e. The molecule has 2 aromatic rings. The van der Waals surface area contributed by atoms with E-state index in [2.05, 4.69) is 0 Å². The van der Waals surface area contributed by atoms with Crippen molar-refractivity contribution in [2.45, 2.75) is 20.0 Å². The lowest BCUT2D eigenvalue weighted by Crippen LogP contribution is -2.06. The summed E-state index contributed by atoms with van der Waals surface area (Å²) in [4.78, 5) is 0. The molecule has 0 bridgehead atoms. The molecule has 1 nitrogen and oxygen atoms in total. The van der Waals surface area contributed by atoms with E-state index < -0.39 is 11.9 Å². The number of hydrogen-bond acceptors (Lipinski definition) is 1. The van der Waals surface area contributed by atoms with Gasteiger partial charge >= 0.3 is 0 Å². The molecule has 4 heteroatoms. The first-order valence-electron chi connectivity index (χ1n) is 5.80. The minimum absolute atomic E-state index is 0.0917. The van der Waals surface area contributed by atoms with Crippen molar-refractivity contribution in [1.82, 2.24) is 0 Å². The van der Waals surface area contributed by atoms with Gasteiger partial charge in [-0.2, -0.15) is 0 Å². The summed E-state index contributed by atoms with van der Waals surface area (Å²) in [7, 11) is 0. The van der Waals surface area contributed by atoms with Crippen LogP contribution in [0.15, 0.2) is 30.3 Å². The van der Waals surface area contributed by atoms with E-state index in [1.54, 1.807) is 18.2 Å². The number of halogens is 3. The van der Waals surface area contributed by atoms with Crippen molar-refractivity contribution < 1.29 is 9.50 Å². The van der Waals surface area contributed by atoms with Crippen LogP contribution < -0.4 is 0 Å². The number of hydrogen-bond donors (Lipinski definition) is 1. The van der Waals surface area contributed by atoms with Gasteiger partial charge in [0.2, 0.25) is 0 Å². The smallest absolute Gasteiger partial charge is 0.130 e. The van der Waals surface area contributed by atoms with Crippen LogP contribution in [0.4, 0.5) is 4.39 Å². The topological polar surface area (TPSA) is 20.2 Å². The summed E-state index contributed by atoms with van der Waals surface area (Å²) >= 11 is 12.0. The molecule has 0 saturated heterocycles. The monoisotopic (exact) mass is 298 g/mol. The highest BCUT2D eigenvalue weighted by Crippen LogP contribution is 2.33. The molecule has 0 saturated carbocycles. The molecular formula is C15H13Cl2FO. The van der Waals surface area contributed by atoms with Gasteiger partial charge in [0, 0.05) is 15.6 Å². The molecule has 0 aromatic heterocycles. The Morgan fingerprint density at radius 3 is 2.37 bits per heavy atom. The zero-order valence-electron chi connectivity index (χ0n) is 10.5. The van der Waals surface area contributed by atoms with Crippen molar-refractivity contribution in [3.63, 3.8) is 0 Å². The van der Waals surface area contributed by atoms with Crippen molar-refractivity contribution in [3.05, 3.63) is 68.4 Å². The highest BCUT2D eigenvalue weighted by atomic mass is 35.5. The number of benzene rings is 2. The molecule has 1 N–H and O–H groups in total. The van der Waals surface area contributed by atoms with Crippen molar-refractivity contribution in [3.8, 4) is 0 Å². The third kappa shape index (κ3) is 2.76. The standard InChI is InChI=1S/C15H13Cl2FO/c1-8-7-12(17)9(2)6-10(8)15(19)14-11(16)4-3-5-13(14)18/h3-7,15,19H,1-2H3. The molecular weight excluding hydrogens is 286 g/mol. The predicted octanol–water partition coefficient (Wildman–Crippen LogP) is 4.83. The average molecular weight is 299 g/mol. The van der Waals surface area contributed by atoms with Crippen molar-refractivity contribution in [2.24, 2.45) is 0 Å². The average Bonchev–Trinajstić information content (AvgIpc) is 2.33. The first-order chi connectivity index (χ1) is 8.91. The van der Waals surface area contributed by atoms with Crippen molar-refractivity contribution >= 4 is 23.2 Å². The molecule has 0 heterocycles. The first kappa shape index (κ1) is 14.3. The van der Waals surface area contributed by atoms with E-state index in [0.29, 0.717) is 10.6 Å². The fraction of sp³-hybridized carbons (Fsp3) is 0.200. The molecule has 0 fully saturated rings. The lowest BCUT2D eigenvalue weighted by Gasteiger charge is -2.17. The Bertz CT molecular complexity index is 606. The molecule has 1 atom stereocenters. The molecule has 2 aromatic carbocycles. The quantitative estimate of drug-likeness (QED) is 0.842. The number of aliphatic hydroxyl groups is 1. The third-order valence-electron chi connectivity index (χ3n) is 3.12. The molecule has 0 radical (unpaired) electrons. The zero-order chi connectivity index (χ0) is 14.2. The molecule has 0 aliphatic rings. The summed E-state index contributed by atoms with van der Waals surface area (Å²) in [5.74, 6) is -0.521. The Morgan fingerprint density at radius 2 is 1.74 bits per heavy atom. The lowest BCUT2D eigenvalue weighted by atomic mass is 9.95. The normalized spacial score (nSPS) is 12.5. The van der Waals surface area contributed by atoms with Gasteiger partial charge in [-0.3, -0.25) is 0 Å². The maximum Gasteiger partial charge on any atom is 0.130 e. The SMILES string of the molecule is Cc1cc(C(O)c2c(F)cccc2Cl)c(C)cc1Cl. The Labute approximate surface area is 121 Å². The zero-order valence-corrected chi connectivity index (χ0v) is 12.1. The summed E-state index contributed by atoms with van der Waals surface area (Å²) in [5, 5.41) is 11.2. The Balaban J connectivity index is 2.56. The number of aliphatic hydroxyl groups excluding tert-OH is 1. The van der Waals surface area contributed by atoms with E-state index in [1.165, 1.54) is 12.1 Å². The van der Waals surface area contributed by atoms with Gasteiger partial charge in [-0.05, 0) is 48.7 Å². The maximum absolute atomic E-state index is 13.8. The second kappa shape index (κ2) is 5.49. The second-order valence-corrected chi connectivity index (χ2v) is 5.31. The van der Waals surface area contributed by atoms with E-state index in [1.807, 2.05) is 13.8 Å². The third-order valence-corrected chi connectivity index (χ3v) is 3.85. The van der Waals surface area contributed by atoms with Gasteiger partial charge in [-0.1, -0.05) is 35.3 Å². The second-order valence-electron chi connectivity index (χ2n) is 4.50. The molecule has 0 aliphatic carbocycles. The van der Waals surface area contributed by atoms with E-state index in [-0.39, 0.29) is 10.6 Å². The Morgan fingerprint density at radius 1 is 1.05 bits per heavy atom. The molecule has 0 amide bonds. The molecule has 0 aliphatic heterocycles. The molecule has 1 unspecified atom stereocenters. The van der Waals surface area contributed by atoms with Gasteiger partial charge < -0.3 is 5.11 Å². The number of rotatable bonds is 2. The van der Waals surface area contributed by atoms with Crippen LogP contribution in [0.5, 0.6) is 0 Å². The molecule has 2 rings (SSSR count). The summed E-state index contributed by atoms with van der Waals surface area (Å²) in [6.07, 6.45) is -1.11. The highest BCUT2D eigenvalue weighted by molar-refractivity contribution is 6.31. The van der Waals surface area contributed by atoms with E-state index in [9.17, 15) is 9.50 Å². The van der Waals surface area contributed by atoms with Crippen LogP contribution in [0.25, 0.3) is 0 Å². The van der Waals surface area contributed by atoms with Crippen molar-refractivity contribution in [2.75, 3.05) is 0 Å². The molecule has 19 heavy (non-hydrogen) atoms. The summed E-state index contributed by atoms with van der Waals surface area (Å²) in [6.45, 7) is 3.65. The van der Waals surface area contributed by atoms with Crippen LogP contribution in [0, 0.1) is 19.7 Å². The summed E-state index contributed by atoms with van der Waals surface area (Å²) < 4.78 is 13.8. The van der Waals surface area contributed by atoms with Gasteiger partial charge in [0.25, 0.3) is 0 Å². The van der Waals surface area contributed by atoms with Gasteiger partial charge in [-0.15, -0.1) is 0 Å². The minimum Gasteiger partial charge on any atom is -0.383 e. The number of aryl methyl sites for hydroxylation is 2. The van der Waals surface area contributed by atoms with E-state index in [0.717, 1.165) is 11.1 Å². The van der Waals surface area contributed by atoms with Gasteiger partial charge in [0.05, 0.1) is 0 Å². The lowest BCUT2D eigenvalue weighted by molar-refractivity contribution is 0.214. The minimum atomic E-state index is -1.11. The van der Waals surface area contributed by atoms with Crippen LogP contribution in [-0.2, 0) is 0 Å². The van der Waals surface area contributed by atoms with Crippen LogP contribution >= 0.6 is 23.2 Å². The Hall–Kier alpha value is -1.09. The van der Waals surface area contributed by atoms with Gasteiger partial charge in [-0.25, -0.2) is 4.39 Å². The van der Waals surface area contributed by atoms with Crippen LogP contribution in [0.2, 0.25) is 10.0 Å². The maximum atomic E-state index is 13.8. The van der Waals surface area contributed by atoms with Crippen LogP contribution in [-0.4, -0.2) is 5.11 Å². The fourth-order valence-electron chi connectivity index (χ4n) is 2.03. The van der Waals surface area contributed by atoms with Crippen LogP contribution in [0.3, 0.4) is 0 Å². The summed E-state index contributed by atoms with van der Waals surface area (Å²) in [5.41, 5.74) is 2.32. The van der Waals surface area contributed by atoms with Crippen molar-refractivity contribution in [1.29, 1.82) is 0 Å². The van der Waals surface area contributed by atoms with E-state index >= 15 is 0 Å². The first-order valence-corrected chi connectivity index (χ1v) is 6.56. The van der Waals surface area contributed by atoms with E-state index in [4.69, 9.17) is 23.2 Å². The molecule has 100 valence electrons.